The summed E-state index contributed by atoms with van der Waals surface area (Å²) in [5, 5.41) is 0. The Kier molecular flexibility index (Phi) is 5.79. The van der Waals surface area contributed by atoms with Gasteiger partial charge in [0.25, 0.3) is 0 Å². The van der Waals surface area contributed by atoms with Gasteiger partial charge in [0, 0.05) is 18.7 Å². The van der Waals surface area contributed by atoms with Crippen LogP contribution in [0.25, 0.3) is 0 Å². The molecule has 5 rings (SSSR count). The number of carbonyl (C=O) groups excluding carboxylic acids is 4. The van der Waals surface area contributed by atoms with Gasteiger partial charge in [0.1, 0.15) is 5.75 Å². The lowest BCUT2D eigenvalue weighted by Crippen LogP contribution is -2.30. The first-order valence-electron chi connectivity index (χ1n) is 12.0. The van der Waals surface area contributed by atoms with Crippen LogP contribution in [0.5, 0.6) is 5.75 Å². The number of aryl methyl sites for hydroxylation is 2. The Hall–Kier alpha value is -3.74. The van der Waals surface area contributed by atoms with E-state index in [4.69, 9.17) is 4.74 Å². The van der Waals surface area contributed by atoms with Crippen LogP contribution in [0.2, 0.25) is 0 Å². The molecule has 0 aromatic heterocycles. The average Bonchev–Trinajstić information content (AvgIpc) is 3.33. The van der Waals surface area contributed by atoms with E-state index in [2.05, 4.69) is 0 Å². The first-order chi connectivity index (χ1) is 16.7. The molecule has 3 atom stereocenters. The molecule has 2 aromatic rings. The van der Waals surface area contributed by atoms with Gasteiger partial charge in [-0.15, -0.1) is 0 Å². The zero-order valence-corrected chi connectivity index (χ0v) is 20.1. The highest BCUT2D eigenvalue weighted by Gasteiger charge is 2.48. The van der Waals surface area contributed by atoms with E-state index < -0.39 is 11.9 Å². The number of rotatable bonds is 4. The molecule has 0 saturated carbocycles. The second-order valence-electron chi connectivity index (χ2n) is 9.83. The van der Waals surface area contributed by atoms with Crippen molar-refractivity contribution in [2.24, 2.45) is 17.8 Å². The van der Waals surface area contributed by atoms with Crippen molar-refractivity contribution in [1.82, 2.24) is 0 Å². The number of imide groups is 1. The van der Waals surface area contributed by atoms with E-state index in [9.17, 15) is 19.2 Å². The molecule has 2 aromatic carbocycles. The van der Waals surface area contributed by atoms with Crippen LogP contribution in [0.3, 0.4) is 0 Å². The summed E-state index contributed by atoms with van der Waals surface area (Å²) in [4.78, 5) is 54.1. The van der Waals surface area contributed by atoms with Crippen molar-refractivity contribution < 1.29 is 23.9 Å². The highest BCUT2D eigenvalue weighted by molar-refractivity contribution is 6.22. The van der Waals surface area contributed by atoms with Crippen molar-refractivity contribution in [2.45, 2.75) is 40.0 Å². The summed E-state index contributed by atoms with van der Waals surface area (Å²) in [6, 6.07) is 12.3. The molecule has 0 unspecified atom stereocenters. The SMILES string of the molecule is CC1=CC[C@@H]2C(=O)N(c3ccc(OC(=O)[C@@H]4CC(=O)N(c5cc(C)ccc5C)C4)cc3)C(=O)[C@@H]2C1. The van der Waals surface area contributed by atoms with Crippen LogP contribution >= 0.6 is 0 Å². The van der Waals surface area contributed by atoms with Gasteiger partial charge in [-0.05, 0) is 75.1 Å². The number of benzene rings is 2. The predicted octanol–water partition coefficient (Wildman–Crippen LogP) is 4.11. The van der Waals surface area contributed by atoms with Crippen LogP contribution in [-0.4, -0.2) is 30.2 Å². The van der Waals surface area contributed by atoms with Gasteiger partial charge in [-0.1, -0.05) is 23.8 Å². The third kappa shape index (κ3) is 4.16. The minimum Gasteiger partial charge on any atom is -0.426 e. The van der Waals surface area contributed by atoms with Crippen LogP contribution in [0.15, 0.2) is 54.1 Å². The van der Waals surface area contributed by atoms with Gasteiger partial charge in [-0.25, -0.2) is 0 Å². The number of amides is 3. The van der Waals surface area contributed by atoms with Crippen molar-refractivity contribution in [3.8, 4) is 5.75 Å². The fourth-order valence-electron chi connectivity index (χ4n) is 5.26. The number of hydrogen-bond donors (Lipinski definition) is 0. The minimum atomic E-state index is -0.567. The molecule has 7 nitrogen and oxygen atoms in total. The number of allylic oxidation sites excluding steroid dienone is 2. The van der Waals surface area contributed by atoms with Crippen LogP contribution in [-0.2, 0) is 19.2 Å². The first-order valence-corrected chi connectivity index (χ1v) is 12.0. The van der Waals surface area contributed by atoms with E-state index in [0.717, 1.165) is 22.4 Å². The summed E-state index contributed by atoms with van der Waals surface area (Å²) in [6.07, 6.45) is 3.33. The van der Waals surface area contributed by atoms with E-state index in [1.54, 1.807) is 29.2 Å². The van der Waals surface area contributed by atoms with Crippen molar-refractivity contribution in [1.29, 1.82) is 0 Å². The van der Waals surface area contributed by atoms with Crippen molar-refractivity contribution >= 4 is 35.1 Å². The van der Waals surface area contributed by atoms with Crippen LogP contribution in [0.1, 0.15) is 37.3 Å². The molecule has 3 amide bonds. The van der Waals surface area contributed by atoms with E-state index in [0.29, 0.717) is 24.3 Å². The number of esters is 1. The van der Waals surface area contributed by atoms with Gasteiger partial charge in [0.15, 0.2) is 0 Å². The third-order valence-corrected chi connectivity index (χ3v) is 7.25. The zero-order chi connectivity index (χ0) is 24.9. The Morgan fingerprint density at radius 2 is 1.63 bits per heavy atom. The number of carbonyl (C=O) groups is 4. The normalized spacial score (nSPS) is 24.0. The quantitative estimate of drug-likeness (QED) is 0.289. The van der Waals surface area contributed by atoms with E-state index in [-0.39, 0.29) is 42.5 Å². The summed E-state index contributed by atoms with van der Waals surface area (Å²) < 4.78 is 5.55. The van der Waals surface area contributed by atoms with Crippen LogP contribution in [0, 0.1) is 31.6 Å². The largest absolute Gasteiger partial charge is 0.426 e. The highest BCUT2D eigenvalue weighted by Crippen LogP contribution is 2.40. The Balaban J connectivity index is 1.25. The van der Waals surface area contributed by atoms with Crippen molar-refractivity contribution in [3.63, 3.8) is 0 Å². The van der Waals surface area contributed by atoms with E-state index in [1.807, 2.05) is 45.0 Å². The summed E-state index contributed by atoms with van der Waals surface area (Å²) in [5.74, 6) is -1.78. The lowest BCUT2D eigenvalue weighted by Gasteiger charge is -2.19. The Labute approximate surface area is 204 Å². The zero-order valence-electron chi connectivity index (χ0n) is 20.1. The summed E-state index contributed by atoms with van der Waals surface area (Å²) >= 11 is 0. The molecular formula is C28H28N2O5. The smallest absolute Gasteiger partial charge is 0.316 e. The van der Waals surface area contributed by atoms with E-state index in [1.165, 1.54) is 4.90 Å². The Morgan fingerprint density at radius 3 is 2.37 bits per heavy atom. The number of anilines is 2. The molecule has 180 valence electrons. The first kappa shape index (κ1) is 23.0. The van der Waals surface area contributed by atoms with Gasteiger partial charge in [-0.2, -0.15) is 0 Å². The standard InChI is InChI=1S/C28H28N2O5/c1-16-5-11-22-23(12-16)27(33)30(26(22)32)20-7-9-21(10-8-20)35-28(34)19-14-25(31)29(15-19)24-13-17(2)4-6-18(24)3/h4-10,13,19,22-23H,11-12,14-15H2,1-3H3/t19-,22+,23-/m1/s1. The second kappa shape index (κ2) is 8.80. The minimum absolute atomic E-state index is 0.0946. The molecule has 3 aliphatic rings. The molecule has 2 aliphatic heterocycles. The summed E-state index contributed by atoms with van der Waals surface area (Å²) in [7, 11) is 0. The number of hydrogen-bond acceptors (Lipinski definition) is 5. The number of nitrogens with zero attached hydrogens (tertiary/aromatic N) is 2. The maximum absolute atomic E-state index is 12.9. The molecule has 0 spiro atoms. The monoisotopic (exact) mass is 472 g/mol. The average molecular weight is 473 g/mol. The molecule has 7 heteroatoms. The maximum atomic E-state index is 12.9. The lowest BCUT2D eigenvalue weighted by molar-refractivity contribution is -0.139. The number of ether oxygens (including phenoxy) is 1. The van der Waals surface area contributed by atoms with Gasteiger partial charge in [0.2, 0.25) is 17.7 Å². The van der Waals surface area contributed by atoms with Crippen molar-refractivity contribution in [2.75, 3.05) is 16.3 Å². The highest BCUT2D eigenvalue weighted by atomic mass is 16.5. The Morgan fingerprint density at radius 1 is 0.914 bits per heavy atom. The summed E-state index contributed by atoms with van der Waals surface area (Å²) in [6.45, 7) is 6.16. The second-order valence-corrected chi connectivity index (χ2v) is 9.83. The molecular weight excluding hydrogens is 444 g/mol. The van der Waals surface area contributed by atoms with Gasteiger partial charge in [0.05, 0.1) is 23.4 Å². The molecule has 2 fully saturated rings. The number of fused-ring (bicyclic) bond motifs is 1. The van der Waals surface area contributed by atoms with Crippen LogP contribution in [0.4, 0.5) is 11.4 Å². The molecule has 0 N–H and O–H groups in total. The van der Waals surface area contributed by atoms with Gasteiger partial charge in [-0.3, -0.25) is 24.1 Å². The fourth-order valence-corrected chi connectivity index (χ4v) is 5.26. The van der Waals surface area contributed by atoms with Crippen molar-refractivity contribution in [3.05, 3.63) is 65.2 Å². The van der Waals surface area contributed by atoms with Crippen LogP contribution < -0.4 is 14.5 Å². The topological polar surface area (TPSA) is 84.0 Å². The van der Waals surface area contributed by atoms with E-state index >= 15 is 0 Å². The molecule has 35 heavy (non-hydrogen) atoms. The predicted molar refractivity (Wildman–Crippen MR) is 131 cm³/mol. The third-order valence-electron chi connectivity index (χ3n) is 7.25. The van der Waals surface area contributed by atoms with Gasteiger partial charge < -0.3 is 9.64 Å². The maximum Gasteiger partial charge on any atom is 0.316 e. The molecule has 1 aliphatic carbocycles. The Bertz CT molecular complexity index is 1260. The molecule has 2 heterocycles. The molecule has 0 radical (unpaired) electrons. The lowest BCUT2D eigenvalue weighted by atomic mass is 9.82. The summed E-state index contributed by atoms with van der Waals surface area (Å²) in [5.41, 5.74) is 4.46. The van der Waals surface area contributed by atoms with Gasteiger partial charge >= 0.3 is 5.97 Å². The fraction of sp³-hybridized carbons (Fsp3) is 0.357. The molecule has 0 bridgehead atoms. The molecule has 2 saturated heterocycles.